The molecular formula is C21H27ClF3N5O4. The first-order valence-corrected chi connectivity index (χ1v) is 10.7. The molecule has 3 N–H and O–H groups in total. The molecular weight excluding hydrogens is 479 g/mol. The third-order valence-electron chi connectivity index (χ3n) is 5.18. The number of carboxylic acid groups (broad SMARTS) is 1. The monoisotopic (exact) mass is 505 g/mol. The molecule has 1 fully saturated rings. The van der Waals surface area contributed by atoms with E-state index in [-0.39, 0.29) is 5.91 Å². The number of piperidine rings is 1. The first-order valence-electron chi connectivity index (χ1n) is 10.3. The lowest BCUT2D eigenvalue weighted by molar-refractivity contribution is -0.192. The number of nitrogens with zero attached hydrogens (tertiary/aromatic N) is 4. The van der Waals surface area contributed by atoms with Crippen LogP contribution in [0.1, 0.15) is 42.7 Å². The fraction of sp³-hybridized carbons (Fsp3) is 0.524. The van der Waals surface area contributed by atoms with Crippen molar-refractivity contribution in [3.63, 3.8) is 0 Å². The van der Waals surface area contributed by atoms with Gasteiger partial charge in [-0.05, 0) is 50.8 Å². The molecule has 0 radical (unpaired) electrons. The number of carbonyl (C=O) groups is 2. The van der Waals surface area contributed by atoms with Crippen molar-refractivity contribution in [2.24, 2.45) is 11.7 Å². The summed E-state index contributed by atoms with van der Waals surface area (Å²) >= 11 is 5.99. The number of methoxy groups -OCH3 is 1. The molecule has 9 nitrogen and oxygen atoms in total. The van der Waals surface area contributed by atoms with Crippen LogP contribution in [0, 0.1) is 5.92 Å². The van der Waals surface area contributed by atoms with E-state index in [9.17, 15) is 18.0 Å². The molecule has 13 heteroatoms. The maximum Gasteiger partial charge on any atom is 0.490 e. The molecule has 0 spiro atoms. The Bertz CT molecular complexity index is 999. The van der Waals surface area contributed by atoms with Crippen molar-refractivity contribution in [2.45, 2.75) is 44.9 Å². The number of aliphatic carboxylic acids is 1. The molecule has 34 heavy (non-hydrogen) atoms. The number of amides is 1. The van der Waals surface area contributed by atoms with Gasteiger partial charge in [-0.25, -0.2) is 4.79 Å². The minimum absolute atomic E-state index is 0.0186. The van der Waals surface area contributed by atoms with E-state index in [1.165, 1.54) is 0 Å². The summed E-state index contributed by atoms with van der Waals surface area (Å²) < 4.78 is 38.9. The first-order chi connectivity index (χ1) is 15.7. The molecule has 0 bridgehead atoms. The van der Waals surface area contributed by atoms with E-state index in [1.807, 2.05) is 29.6 Å². The molecule has 1 saturated heterocycles. The van der Waals surface area contributed by atoms with Crippen LogP contribution >= 0.6 is 11.6 Å². The zero-order valence-corrected chi connectivity index (χ0v) is 19.7. The predicted molar refractivity (Wildman–Crippen MR) is 118 cm³/mol. The van der Waals surface area contributed by atoms with Crippen molar-refractivity contribution in [1.82, 2.24) is 19.9 Å². The van der Waals surface area contributed by atoms with Gasteiger partial charge in [0.15, 0.2) is 0 Å². The van der Waals surface area contributed by atoms with Gasteiger partial charge in [-0.15, -0.1) is 5.10 Å². The average molecular weight is 506 g/mol. The Kier molecular flexibility index (Phi) is 8.89. The fourth-order valence-corrected chi connectivity index (χ4v) is 3.44. The molecule has 1 aliphatic heterocycles. The molecule has 0 unspecified atom stereocenters. The largest absolute Gasteiger partial charge is 0.496 e. The number of hydrogen-bond donors (Lipinski definition) is 2. The van der Waals surface area contributed by atoms with E-state index in [0.717, 1.165) is 25.1 Å². The normalized spacial score (nSPS) is 14.9. The molecule has 2 aromatic rings. The van der Waals surface area contributed by atoms with Gasteiger partial charge in [0.25, 0.3) is 5.91 Å². The third kappa shape index (κ3) is 7.59. The second-order valence-corrected chi connectivity index (χ2v) is 8.87. The van der Waals surface area contributed by atoms with E-state index < -0.39 is 17.7 Å². The smallest absolute Gasteiger partial charge is 0.490 e. The highest BCUT2D eigenvalue weighted by Gasteiger charge is 2.38. The zero-order chi connectivity index (χ0) is 25.7. The van der Waals surface area contributed by atoms with Crippen LogP contribution in [-0.4, -0.2) is 63.3 Å². The summed E-state index contributed by atoms with van der Waals surface area (Å²) in [6, 6.07) is 5.11. The second kappa shape index (κ2) is 11.0. The van der Waals surface area contributed by atoms with Crippen molar-refractivity contribution < 1.29 is 32.6 Å². The molecule has 1 aromatic heterocycles. The van der Waals surface area contributed by atoms with Crippen LogP contribution in [0.4, 0.5) is 13.2 Å². The molecule has 0 saturated carbocycles. The van der Waals surface area contributed by atoms with Crippen molar-refractivity contribution in [2.75, 3.05) is 20.2 Å². The number of aromatic nitrogens is 3. The van der Waals surface area contributed by atoms with Crippen LogP contribution in [0.2, 0.25) is 5.02 Å². The first kappa shape index (κ1) is 27.4. The SMILES string of the molecule is COc1cc(Cl)ccc1C(=O)N1CCC(Cn2cc(C(C)(C)N)nn2)CC1.O=C(O)C(F)(F)F. The van der Waals surface area contributed by atoms with E-state index >= 15 is 0 Å². The Hall–Kier alpha value is -2.86. The number of carbonyl (C=O) groups excluding carboxylic acids is 1. The molecule has 3 rings (SSSR count). The summed E-state index contributed by atoms with van der Waals surface area (Å²) in [4.78, 5) is 23.6. The van der Waals surface area contributed by atoms with Gasteiger partial charge in [0.2, 0.25) is 0 Å². The van der Waals surface area contributed by atoms with E-state index in [4.69, 9.17) is 32.0 Å². The quantitative estimate of drug-likeness (QED) is 0.638. The van der Waals surface area contributed by atoms with Gasteiger partial charge in [0, 0.05) is 24.7 Å². The van der Waals surface area contributed by atoms with Crippen LogP contribution in [0.5, 0.6) is 5.75 Å². The number of rotatable bonds is 5. The summed E-state index contributed by atoms with van der Waals surface area (Å²) in [6.07, 6.45) is -1.33. The minimum Gasteiger partial charge on any atom is -0.496 e. The average Bonchev–Trinajstić information content (AvgIpc) is 3.22. The van der Waals surface area contributed by atoms with Crippen LogP contribution in [0.15, 0.2) is 24.4 Å². The second-order valence-electron chi connectivity index (χ2n) is 8.43. The molecule has 0 aliphatic carbocycles. The van der Waals surface area contributed by atoms with Crippen molar-refractivity contribution in [3.05, 3.63) is 40.7 Å². The predicted octanol–water partition coefficient (Wildman–Crippen LogP) is 3.32. The van der Waals surface area contributed by atoms with Gasteiger partial charge in [-0.2, -0.15) is 13.2 Å². The minimum atomic E-state index is -5.08. The number of alkyl halides is 3. The number of benzene rings is 1. The topological polar surface area (TPSA) is 124 Å². The third-order valence-corrected chi connectivity index (χ3v) is 5.42. The zero-order valence-electron chi connectivity index (χ0n) is 19.0. The highest BCUT2D eigenvalue weighted by Crippen LogP contribution is 2.27. The van der Waals surface area contributed by atoms with Crippen molar-refractivity contribution in [3.8, 4) is 5.75 Å². The summed E-state index contributed by atoms with van der Waals surface area (Å²) in [5.74, 6) is -1.81. The highest BCUT2D eigenvalue weighted by molar-refractivity contribution is 6.30. The molecule has 1 amide bonds. The van der Waals surface area contributed by atoms with Gasteiger partial charge in [-0.1, -0.05) is 16.8 Å². The van der Waals surface area contributed by atoms with Gasteiger partial charge < -0.3 is 20.5 Å². The van der Waals surface area contributed by atoms with Crippen LogP contribution in [-0.2, 0) is 16.9 Å². The molecule has 2 heterocycles. The van der Waals surface area contributed by atoms with Crippen LogP contribution in [0.3, 0.4) is 0 Å². The molecule has 188 valence electrons. The highest BCUT2D eigenvalue weighted by atomic mass is 35.5. The van der Waals surface area contributed by atoms with Crippen molar-refractivity contribution in [1.29, 1.82) is 0 Å². The van der Waals surface area contributed by atoms with Crippen LogP contribution in [0.25, 0.3) is 0 Å². The Morgan fingerprint density at radius 1 is 1.26 bits per heavy atom. The lowest BCUT2D eigenvalue weighted by Gasteiger charge is -2.32. The number of likely N-dealkylation sites (tertiary alicyclic amines) is 1. The number of ether oxygens (including phenoxy) is 1. The van der Waals surface area contributed by atoms with Crippen LogP contribution < -0.4 is 10.5 Å². The van der Waals surface area contributed by atoms with Gasteiger partial charge >= 0.3 is 12.1 Å². The number of carboxylic acids is 1. The maximum atomic E-state index is 12.8. The lowest BCUT2D eigenvalue weighted by atomic mass is 9.96. The van der Waals surface area contributed by atoms with E-state index in [2.05, 4.69) is 10.3 Å². The number of halogens is 4. The molecule has 0 atom stereocenters. The Morgan fingerprint density at radius 3 is 2.32 bits per heavy atom. The lowest BCUT2D eigenvalue weighted by Crippen LogP contribution is -2.39. The van der Waals surface area contributed by atoms with Gasteiger partial charge in [0.05, 0.1) is 24.4 Å². The standard InChI is InChI=1S/C19H26ClN5O2.C2HF3O2/c1-19(2,21)17-12-25(23-22-17)11-13-6-8-24(9-7-13)18(26)15-5-4-14(20)10-16(15)27-3;3-2(4,5)1(6)7/h4-5,10,12-13H,6-9,11,21H2,1-3H3;(H,6,7). The molecule has 1 aromatic carbocycles. The van der Waals surface area contributed by atoms with E-state index in [0.29, 0.717) is 35.3 Å². The fourth-order valence-electron chi connectivity index (χ4n) is 3.28. The summed E-state index contributed by atoms with van der Waals surface area (Å²) in [6.45, 7) is 6.03. The summed E-state index contributed by atoms with van der Waals surface area (Å²) in [5.41, 5.74) is 6.90. The number of hydrogen-bond acceptors (Lipinski definition) is 6. The molecule has 1 aliphatic rings. The summed E-state index contributed by atoms with van der Waals surface area (Å²) in [5, 5.41) is 16.0. The number of nitrogens with two attached hydrogens (primary N) is 1. The van der Waals surface area contributed by atoms with Crippen molar-refractivity contribution >= 4 is 23.5 Å². The van der Waals surface area contributed by atoms with E-state index in [1.54, 1.807) is 25.3 Å². The Balaban J connectivity index is 0.000000509. The van der Waals surface area contributed by atoms with Gasteiger partial charge in [-0.3, -0.25) is 9.48 Å². The maximum absolute atomic E-state index is 12.8. The Labute approximate surface area is 199 Å². The summed E-state index contributed by atoms with van der Waals surface area (Å²) in [7, 11) is 1.55. The Morgan fingerprint density at radius 2 is 1.85 bits per heavy atom. The van der Waals surface area contributed by atoms with Gasteiger partial charge in [0.1, 0.15) is 11.4 Å².